The quantitative estimate of drug-likeness (QED) is 0.405. The number of pyridine rings is 2. The van der Waals surface area contributed by atoms with E-state index in [1.54, 1.807) is 20.8 Å². The van der Waals surface area contributed by atoms with Crippen LogP contribution in [0.5, 0.6) is 11.5 Å². The van der Waals surface area contributed by atoms with Gasteiger partial charge in [0, 0.05) is 25.2 Å². The van der Waals surface area contributed by atoms with Gasteiger partial charge in [0.2, 0.25) is 0 Å². The van der Waals surface area contributed by atoms with Crippen molar-refractivity contribution in [3.63, 3.8) is 0 Å². The molecule has 10 nitrogen and oxygen atoms in total. The Morgan fingerprint density at radius 2 is 1.25 bits per heavy atom. The summed E-state index contributed by atoms with van der Waals surface area (Å²) in [6, 6.07) is 5.73. The standard InChI is InChI=1S/C13H17NO4.C9H9NO4/c1-13(2,3)18-11(17)7-6-10(16)12-9(15)5-4-8-14-12;11-6-2-1-5-10-9(6)7(12)3-4-8(13)14/h4-5,8,15H,6-7H2,1-3H3;1-2,5,11H,3-4H2,(H,13,14). The van der Waals surface area contributed by atoms with Crippen LogP contribution in [0.4, 0.5) is 0 Å². The number of carbonyl (C=O) groups is 4. The highest BCUT2D eigenvalue weighted by Crippen LogP contribution is 2.17. The maximum Gasteiger partial charge on any atom is 0.306 e. The first-order chi connectivity index (χ1) is 14.9. The fourth-order valence-electron chi connectivity index (χ4n) is 2.29. The van der Waals surface area contributed by atoms with Gasteiger partial charge in [-0.25, -0.2) is 9.97 Å². The number of hydrogen-bond donors (Lipinski definition) is 3. The molecule has 10 heteroatoms. The maximum atomic E-state index is 11.7. The van der Waals surface area contributed by atoms with Gasteiger partial charge < -0.3 is 20.1 Å². The molecule has 0 atom stereocenters. The molecule has 2 aromatic rings. The number of rotatable bonds is 8. The van der Waals surface area contributed by atoms with E-state index in [4.69, 9.17) is 9.84 Å². The predicted molar refractivity (Wildman–Crippen MR) is 112 cm³/mol. The maximum absolute atomic E-state index is 11.7. The van der Waals surface area contributed by atoms with Gasteiger partial charge >= 0.3 is 11.9 Å². The highest BCUT2D eigenvalue weighted by molar-refractivity contribution is 5.98. The number of aliphatic carboxylic acids is 1. The van der Waals surface area contributed by atoms with E-state index in [1.807, 2.05) is 0 Å². The molecule has 2 rings (SSSR count). The normalized spacial score (nSPS) is 10.5. The molecule has 0 radical (unpaired) electrons. The Balaban J connectivity index is 0.000000330. The molecule has 3 N–H and O–H groups in total. The fraction of sp³-hybridized carbons (Fsp3) is 0.364. The Hall–Kier alpha value is -3.82. The molecule has 2 aromatic heterocycles. The zero-order valence-electron chi connectivity index (χ0n) is 18.1. The molecule has 172 valence electrons. The summed E-state index contributed by atoms with van der Waals surface area (Å²) in [6.07, 6.45) is 2.33. The van der Waals surface area contributed by atoms with Crippen LogP contribution in [-0.4, -0.2) is 54.4 Å². The van der Waals surface area contributed by atoms with Gasteiger partial charge in [0.15, 0.2) is 11.6 Å². The lowest BCUT2D eigenvalue weighted by molar-refractivity contribution is -0.154. The van der Waals surface area contributed by atoms with E-state index >= 15 is 0 Å². The second kappa shape index (κ2) is 12.1. The topological polar surface area (TPSA) is 164 Å². The number of ketones is 2. The van der Waals surface area contributed by atoms with Gasteiger partial charge in [-0.2, -0.15) is 0 Å². The molecule has 0 aliphatic rings. The summed E-state index contributed by atoms with van der Waals surface area (Å²) >= 11 is 0. The summed E-state index contributed by atoms with van der Waals surface area (Å²) in [5.74, 6) is -2.72. The van der Waals surface area contributed by atoms with Crippen molar-refractivity contribution in [2.24, 2.45) is 0 Å². The van der Waals surface area contributed by atoms with E-state index in [0.717, 1.165) is 0 Å². The zero-order valence-corrected chi connectivity index (χ0v) is 18.1. The number of aromatic hydroxyl groups is 2. The molecule has 0 saturated carbocycles. The number of esters is 1. The van der Waals surface area contributed by atoms with Gasteiger partial charge in [-0.1, -0.05) is 0 Å². The molecular formula is C22H26N2O8. The predicted octanol–water partition coefficient (Wildman–Crippen LogP) is 2.93. The number of Topliss-reactive ketones (excluding diaryl/α,β-unsaturated/α-hetero) is 2. The average molecular weight is 446 g/mol. The van der Waals surface area contributed by atoms with Gasteiger partial charge in [0.05, 0.1) is 12.8 Å². The van der Waals surface area contributed by atoms with Crippen LogP contribution in [-0.2, 0) is 14.3 Å². The summed E-state index contributed by atoms with van der Waals surface area (Å²) in [4.78, 5) is 52.0. The van der Waals surface area contributed by atoms with Crippen LogP contribution >= 0.6 is 0 Å². The molecule has 0 amide bonds. The van der Waals surface area contributed by atoms with Crippen LogP contribution in [0.25, 0.3) is 0 Å². The summed E-state index contributed by atoms with van der Waals surface area (Å²) < 4.78 is 5.08. The third-order valence-electron chi connectivity index (χ3n) is 3.64. The number of carbonyl (C=O) groups excluding carboxylic acids is 3. The van der Waals surface area contributed by atoms with Crippen LogP contribution in [0.1, 0.15) is 67.4 Å². The van der Waals surface area contributed by atoms with Gasteiger partial charge in [0.25, 0.3) is 0 Å². The first kappa shape index (κ1) is 26.2. The monoisotopic (exact) mass is 446 g/mol. The van der Waals surface area contributed by atoms with Crippen molar-refractivity contribution >= 4 is 23.5 Å². The molecule has 0 aliphatic heterocycles. The highest BCUT2D eigenvalue weighted by Gasteiger charge is 2.19. The third-order valence-corrected chi connectivity index (χ3v) is 3.64. The minimum Gasteiger partial charge on any atom is -0.506 e. The van der Waals surface area contributed by atoms with E-state index in [2.05, 4.69) is 9.97 Å². The van der Waals surface area contributed by atoms with E-state index in [-0.39, 0.29) is 54.4 Å². The minimum atomic E-state index is -1.05. The molecule has 2 heterocycles. The lowest BCUT2D eigenvalue weighted by atomic mass is 10.1. The van der Waals surface area contributed by atoms with E-state index in [9.17, 15) is 29.4 Å². The van der Waals surface area contributed by atoms with E-state index in [1.165, 1.54) is 36.7 Å². The largest absolute Gasteiger partial charge is 0.506 e. The second-order valence-corrected chi connectivity index (χ2v) is 7.57. The van der Waals surface area contributed by atoms with Crippen molar-refractivity contribution in [1.29, 1.82) is 0 Å². The first-order valence-corrected chi connectivity index (χ1v) is 9.68. The summed E-state index contributed by atoms with van der Waals surface area (Å²) in [6.45, 7) is 5.28. The van der Waals surface area contributed by atoms with Gasteiger partial charge in [-0.3, -0.25) is 19.2 Å². The molecular weight excluding hydrogens is 420 g/mol. The summed E-state index contributed by atoms with van der Waals surface area (Å²) in [5, 5.41) is 27.0. The van der Waals surface area contributed by atoms with Gasteiger partial charge in [0.1, 0.15) is 28.5 Å². The highest BCUT2D eigenvalue weighted by atomic mass is 16.6. The van der Waals surface area contributed by atoms with Crippen LogP contribution in [0, 0.1) is 0 Å². The Morgan fingerprint density at radius 3 is 1.62 bits per heavy atom. The number of aromatic nitrogens is 2. The molecule has 0 bridgehead atoms. The van der Waals surface area contributed by atoms with Crippen molar-refractivity contribution in [2.45, 2.75) is 52.1 Å². The number of hydrogen-bond acceptors (Lipinski definition) is 9. The van der Waals surface area contributed by atoms with Crippen LogP contribution in [0.2, 0.25) is 0 Å². The smallest absolute Gasteiger partial charge is 0.306 e. The third kappa shape index (κ3) is 9.79. The zero-order chi connectivity index (χ0) is 24.3. The Kier molecular flexibility index (Phi) is 9.94. The number of carboxylic acid groups (broad SMARTS) is 1. The summed E-state index contributed by atoms with van der Waals surface area (Å²) in [5.41, 5.74) is -0.650. The van der Waals surface area contributed by atoms with Crippen LogP contribution in [0.3, 0.4) is 0 Å². The number of carboxylic acids is 1. The summed E-state index contributed by atoms with van der Waals surface area (Å²) in [7, 11) is 0. The SMILES string of the molecule is CC(C)(C)OC(=O)CCC(=O)c1ncccc1O.O=C(O)CCC(=O)c1ncccc1O. The number of nitrogens with zero attached hydrogens (tertiary/aromatic N) is 2. The second-order valence-electron chi connectivity index (χ2n) is 7.57. The van der Waals surface area contributed by atoms with Gasteiger partial charge in [-0.05, 0) is 45.0 Å². The molecule has 0 saturated heterocycles. The van der Waals surface area contributed by atoms with Crippen molar-refractivity contribution < 1.29 is 39.2 Å². The first-order valence-electron chi connectivity index (χ1n) is 9.68. The Morgan fingerprint density at radius 1 is 0.812 bits per heavy atom. The van der Waals surface area contributed by atoms with E-state index in [0.29, 0.717) is 0 Å². The number of ether oxygens (including phenoxy) is 1. The van der Waals surface area contributed by atoms with Crippen LogP contribution in [0.15, 0.2) is 36.7 Å². The van der Waals surface area contributed by atoms with Crippen molar-refractivity contribution in [3.05, 3.63) is 48.0 Å². The minimum absolute atomic E-state index is 0.0129. The fourth-order valence-corrected chi connectivity index (χ4v) is 2.29. The van der Waals surface area contributed by atoms with Crippen LogP contribution < -0.4 is 0 Å². The lowest BCUT2D eigenvalue weighted by Gasteiger charge is -2.19. The molecule has 0 fully saturated rings. The molecule has 0 unspecified atom stereocenters. The van der Waals surface area contributed by atoms with Crippen molar-refractivity contribution in [1.82, 2.24) is 9.97 Å². The average Bonchev–Trinajstić information content (AvgIpc) is 2.70. The Labute approximate surface area is 184 Å². The molecule has 0 spiro atoms. The van der Waals surface area contributed by atoms with Crippen molar-refractivity contribution in [3.8, 4) is 11.5 Å². The van der Waals surface area contributed by atoms with E-state index < -0.39 is 23.3 Å². The molecule has 32 heavy (non-hydrogen) atoms. The molecule has 0 aromatic carbocycles. The molecule has 0 aliphatic carbocycles. The van der Waals surface area contributed by atoms with Gasteiger partial charge in [-0.15, -0.1) is 0 Å². The Bertz CT molecular complexity index is 966. The lowest BCUT2D eigenvalue weighted by Crippen LogP contribution is -2.24. The van der Waals surface area contributed by atoms with Crippen molar-refractivity contribution in [2.75, 3.05) is 0 Å².